The van der Waals surface area contributed by atoms with Crippen LogP contribution in [0.5, 0.6) is 0 Å². The molecule has 1 aliphatic heterocycles. The average molecular weight is 305 g/mol. The zero-order valence-corrected chi connectivity index (χ0v) is 13.9. The van der Waals surface area contributed by atoms with Crippen molar-refractivity contribution in [1.29, 1.82) is 0 Å². The molecule has 1 saturated heterocycles. The topological polar surface area (TPSA) is 48.4 Å². The van der Waals surface area contributed by atoms with Crippen LogP contribution in [0.25, 0.3) is 0 Å². The molecule has 1 aliphatic rings. The van der Waals surface area contributed by atoms with Gasteiger partial charge in [0.25, 0.3) is 0 Å². The fourth-order valence-electron chi connectivity index (χ4n) is 3.15. The van der Waals surface area contributed by atoms with Gasteiger partial charge < -0.3 is 15.3 Å². The van der Waals surface area contributed by atoms with Gasteiger partial charge in [-0.2, -0.15) is 0 Å². The third kappa shape index (κ3) is 6.42. The summed E-state index contributed by atoms with van der Waals surface area (Å²) in [5, 5.41) is 13.2. The van der Waals surface area contributed by atoms with Crippen LogP contribution in [0, 0.1) is 5.92 Å². The molecule has 0 unspecified atom stereocenters. The van der Waals surface area contributed by atoms with Gasteiger partial charge in [0.05, 0.1) is 0 Å². The zero-order chi connectivity index (χ0) is 15.6. The first-order chi connectivity index (χ1) is 10.8. The van der Waals surface area contributed by atoms with Gasteiger partial charge in [0.1, 0.15) is 0 Å². The molecule has 0 saturated carbocycles. The van der Waals surface area contributed by atoms with Crippen molar-refractivity contribution < 1.29 is 5.11 Å². The lowest BCUT2D eigenvalue weighted by atomic mass is 10.0. The summed E-state index contributed by atoms with van der Waals surface area (Å²) in [6.45, 7) is 6.90. The van der Waals surface area contributed by atoms with Gasteiger partial charge in [-0.15, -0.1) is 0 Å². The fourth-order valence-corrected chi connectivity index (χ4v) is 3.15. The van der Waals surface area contributed by atoms with E-state index in [9.17, 15) is 5.11 Å². The lowest BCUT2D eigenvalue weighted by molar-refractivity contribution is 0.207. The summed E-state index contributed by atoms with van der Waals surface area (Å²) in [5.74, 6) is 0.237. The van der Waals surface area contributed by atoms with Crippen LogP contribution in [-0.2, 0) is 6.42 Å². The summed E-state index contributed by atoms with van der Waals surface area (Å²) in [5.41, 5.74) is 1.06. The summed E-state index contributed by atoms with van der Waals surface area (Å²) < 4.78 is 0. The molecule has 22 heavy (non-hydrogen) atoms. The molecule has 1 fully saturated rings. The quantitative estimate of drug-likeness (QED) is 0.772. The number of hydrogen-bond donors (Lipinski definition) is 2. The predicted molar refractivity (Wildman–Crippen MR) is 90.9 cm³/mol. The van der Waals surface area contributed by atoms with Crippen molar-refractivity contribution in [1.82, 2.24) is 15.2 Å². The van der Waals surface area contributed by atoms with Crippen molar-refractivity contribution in [3.8, 4) is 0 Å². The van der Waals surface area contributed by atoms with Gasteiger partial charge in [-0.25, -0.2) is 0 Å². The minimum Gasteiger partial charge on any atom is -0.396 e. The number of hydrogen-bond acceptors (Lipinski definition) is 4. The average Bonchev–Trinajstić information content (AvgIpc) is 2.81. The SMILES string of the molecule is C[C@@H](CN1CCCCCC1)NC[C@H](CO)Cc1ccccn1. The van der Waals surface area contributed by atoms with Gasteiger partial charge in [-0.05, 0) is 57.3 Å². The standard InChI is InChI=1S/C18H31N3O/c1-16(14-21-10-6-2-3-7-11-21)20-13-17(15-22)12-18-8-4-5-9-19-18/h4-5,8-9,16-17,20,22H,2-3,6-7,10-15H2,1H3/t16-,17+/m0/s1. The van der Waals surface area contributed by atoms with Gasteiger partial charge in [0, 0.05) is 37.6 Å². The first-order valence-electron chi connectivity index (χ1n) is 8.74. The Morgan fingerprint density at radius 3 is 2.64 bits per heavy atom. The molecule has 4 heteroatoms. The molecule has 2 heterocycles. The van der Waals surface area contributed by atoms with E-state index in [1.807, 2.05) is 24.4 Å². The van der Waals surface area contributed by atoms with E-state index < -0.39 is 0 Å². The fraction of sp³-hybridized carbons (Fsp3) is 0.722. The van der Waals surface area contributed by atoms with Crippen LogP contribution >= 0.6 is 0 Å². The van der Waals surface area contributed by atoms with Gasteiger partial charge in [-0.1, -0.05) is 18.9 Å². The Hall–Kier alpha value is -0.970. The number of nitrogens with one attached hydrogen (secondary N) is 1. The highest BCUT2D eigenvalue weighted by atomic mass is 16.3. The lowest BCUT2D eigenvalue weighted by Gasteiger charge is -2.26. The Morgan fingerprint density at radius 1 is 1.23 bits per heavy atom. The van der Waals surface area contributed by atoms with Crippen LogP contribution in [0.1, 0.15) is 38.3 Å². The number of pyridine rings is 1. The van der Waals surface area contributed by atoms with Crippen LogP contribution < -0.4 is 5.32 Å². The summed E-state index contributed by atoms with van der Waals surface area (Å²) in [6.07, 6.45) is 8.10. The first-order valence-corrected chi connectivity index (χ1v) is 8.74. The van der Waals surface area contributed by atoms with E-state index in [1.165, 1.54) is 38.8 Å². The summed E-state index contributed by atoms with van der Waals surface area (Å²) in [4.78, 5) is 6.93. The molecule has 124 valence electrons. The number of likely N-dealkylation sites (tertiary alicyclic amines) is 1. The maximum atomic E-state index is 9.58. The van der Waals surface area contributed by atoms with Crippen molar-refractivity contribution in [2.45, 2.75) is 45.1 Å². The van der Waals surface area contributed by atoms with E-state index >= 15 is 0 Å². The van der Waals surface area contributed by atoms with Crippen molar-refractivity contribution in [2.24, 2.45) is 5.92 Å². The normalized spacial score (nSPS) is 19.5. The molecule has 4 nitrogen and oxygen atoms in total. The van der Waals surface area contributed by atoms with Crippen LogP contribution in [0.15, 0.2) is 24.4 Å². The molecule has 0 bridgehead atoms. The van der Waals surface area contributed by atoms with Crippen LogP contribution in [0.4, 0.5) is 0 Å². The maximum Gasteiger partial charge on any atom is 0.0475 e. The van der Waals surface area contributed by atoms with E-state index in [2.05, 4.69) is 22.1 Å². The van der Waals surface area contributed by atoms with Crippen LogP contribution in [0.3, 0.4) is 0 Å². The molecule has 0 radical (unpaired) electrons. The molecule has 2 N–H and O–H groups in total. The third-order valence-electron chi connectivity index (χ3n) is 4.47. The highest BCUT2D eigenvalue weighted by molar-refractivity contribution is 5.04. The largest absolute Gasteiger partial charge is 0.396 e. The van der Waals surface area contributed by atoms with Crippen LogP contribution in [-0.4, -0.2) is 53.8 Å². The predicted octanol–water partition coefficient (Wildman–Crippen LogP) is 2.09. The molecule has 0 amide bonds. The number of aliphatic hydroxyl groups excluding tert-OH is 1. The van der Waals surface area contributed by atoms with Crippen LogP contribution in [0.2, 0.25) is 0 Å². The first kappa shape index (κ1) is 17.4. The summed E-state index contributed by atoms with van der Waals surface area (Å²) in [6, 6.07) is 6.44. The van der Waals surface area contributed by atoms with Gasteiger partial charge >= 0.3 is 0 Å². The maximum absolute atomic E-state index is 9.58. The number of aliphatic hydroxyl groups is 1. The van der Waals surface area contributed by atoms with E-state index in [-0.39, 0.29) is 12.5 Å². The molecule has 1 aromatic rings. The lowest BCUT2D eigenvalue weighted by Crippen LogP contribution is -2.42. The molecule has 2 atom stereocenters. The Labute approximate surface area is 134 Å². The van der Waals surface area contributed by atoms with Crippen molar-refractivity contribution in [3.05, 3.63) is 30.1 Å². The van der Waals surface area contributed by atoms with Crippen molar-refractivity contribution in [2.75, 3.05) is 32.8 Å². The second-order valence-corrected chi connectivity index (χ2v) is 6.60. The summed E-state index contributed by atoms with van der Waals surface area (Å²) in [7, 11) is 0. The Morgan fingerprint density at radius 2 is 2.00 bits per heavy atom. The van der Waals surface area contributed by atoms with Gasteiger partial charge in [0.15, 0.2) is 0 Å². The van der Waals surface area contributed by atoms with Crippen molar-refractivity contribution in [3.63, 3.8) is 0 Å². The van der Waals surface area contributed by atoms with E-state index in [1.54, 1.807) is 0 Å². The van der Waals surface area contributed by atoms with E-state index in [4.69, 9.17) is 0 Å². The minimum absolute atomic E-state index is 0.208. The Balaban J connectivity index is 1.70. The van der Waals surface area contributed by atoms with Gasteiger partial charge in [-0.3, -0.25) is 4.98 Å². The molecular formula is C18H31N3O. The number of aromatic nitrogens is 1. The number of rotatable bonds is 8. The highest BCUT2D eigenvalue weighted by Gasteiger charge is 2.14. The molecular weight excluding hydrogens is 274 g/mol. The number of nitrogens with zero attached hydrogens (tertiary/aromatic N) is 2. The molecule has 2 rings (SSSR count). The van der Waals surface area contributed by atoms with Crippen molar-refractivity contribution >= 4 is 0 Å². The second kappa shape index (κ2) is 9.93. The van der Waals surface area contributed by atoms with E-state index in [0.29, 0.717) is 6.04 Å². The Bertz CT molecular complexity index is 391. The zero-order valence-electron chi connectivity index (χ0n) is 13.9. The third-order valence-corrected chi connectivity index (χ3v) is 4.47. The van der Waals surface area contributed by atoms with Gasteiger partial charge in [0.2, 0.25) is 0 Å². The minimum atomic E-state index is 0.208. The molecule has 0 aromatic carbocycles. The Kier molecular flexibility index (Phi) is 7.85. The summed E-state index contributed by atoms with van der Waals surface area (Å²) >= 11 is 0. The molecule has 0 aliphatic carbocycles. The second-order valence-electron chi connectivity index (χ2n) is 6.60. The highest BCUT2D eigenvalue weighted by Crippen LogP contribution is 2.10. The smallest absolute Gasteiger partial charge is 0.0475 e. The molecule has 1 aromatic heterocycles. The monoisotopic (exact) mass is 305 g/mol. The van der Waals surface area contributed by atoms with E-state index in [0.717, 1.165) is 25.2 Å². The molecule has 0 spiro atoms.